The van der Waals surface area contributed by atoms with Crippen molar-refractivity contribution in [1.82, 2.24) is 5.32 Å². The van der Waals surface area contributed by atoms with E-state index in [1.165, 1.54) is 0 Å². The molecule has 0 unspecified atom stereocenters. The number of amides is 2. The van der Waals surface area contributed by atoms with Crippen LogP contribution in [0.25, 0.3) is 0 Å². The second kappa shape index (κ2) is 6.72. The second-order valence-electron chi connectivity index (χ2n) is 5.68. The van der Waals surface area contributed by atoms with Gasteiger partial charge in [-0.1, -0.05) is 12.1 Å². The van der Waals surface area contributed by atoms with Crippen molar-refractivity contribution in [3.8, 4) is 0 Å². The lowest BCUT2D eigenvalue weighted by atomic mass is 9.93. The van der Waals surface area contributed by atoms with Gasteiger partial charge in [-0.2, -0.15) is 0 Å². The number of carbonyl (C=O) groups excluding carboxylic acids is 2. The molecule has 0 radical (unpaired) electrons. The molecule has 1 aromatic carbocycles. The Hall–Kier alpha value is -1.88. The number of carbonyl (C=O) groups is 2. The van der Waals surface area contributed by atoms with Crippen LogP contribution in [0, 0.1) is 13.8 Å². The predicted molar refractivity (Wildman–Crippen MR) is 81.0 cm³/mol. The first-order valence-electron chi connectivity index (χ1n) is 7.33. The van der Waals surface area contributed by atoms with E-state index in [0.29, 0.717) is 31.4 Å². The fourth-order valence-corrected chi connectivity index (χ4v) is 2.54. The fraction of sp³-hybridized carbons (Fsp3) is 0.500. The van der Waals surface area contributed by atoms with E-state index in [9.17, 15) is 14.7 Å². The van der Waals surface area contributed by atoms with Crippen molar-refractivity contribution in [3.63, 3.8) is 0 Å². The molecule has 114 valence electrons. The molecular formula is C16H22N2O3. The third-order valence-corrected chi connectivity index (χ3v) is 4.09. The van der Waals surface area contributed by atoms with Crippen molar-refractivity contribution in [2.45, 2.75) is 51.7 Å². The molecule has 0 bridgehead atoms. The van der Waals surface area contributed by atoms with Gasteiger partial charge >= 0.3 is 11.8 Å². The van der Waals surface area contributed by atoms with Gasteiger partial charge in [0.15, 0.2) is 0 Å². The van der Waals surface area contributed by atoms with Crippen LogP contribution in [0.1, 0.15) is 36.8 Å². The minimum Gasteiger partial charge on any atom is -0.393 e. The van der Waals surface area contributed by atoms with Gasteiger partial charge < -0.3 is 15.7 Å². The van der Waals surface area contributed by atoms with E-state index < -0.39 is 11.8 Å². The van der Waals surface area contributed by atoms with Crippen LogP contribution in [0.2, 0.25) is 0 Å². The molecule has 0 heterocycles. The van der Waals surface area contributed by atoms with Crippen molar-refractivity contribution < 1.29 is 14.7 Å². The van der Waals surface area contributed by atoms with Gasteiger partial charge in [0.2, 0.25) is 0 Å². The molecule has 1 saturated carbocycles. The van der Waals surface area contributed by atoms with Gasteiger partial charge in [0.05, 0.1) is 6.10 Å². The van der Waals surface area contributed by atoms with E-state index in [1.54, 1.807) is 6.07 Å². The summed E-state index contributed by atoms with van der Waals surface area (Å²) in [7, 11) is 0. The summed E-state index contributed by atoms with van der Waals surface area (Å²) in [5.74, 6) is -1.26. The Kier molecular flexibility index (Phi) is 4.96. The zero-order valence-electron chi connectivity index (χ0n) is 12.5. The standard InChI is InChI=1S/C16H22N2O3/c1-10-4-3-5-14(11(10)2)18-16(21)15(20)17-12-6-8-13(19)9-7-12/h3-5,12-13,19H,6-9H2,1-2H3,(H,17,20)(H,18,21). The first kappa shape index (κ1) is 15.5. The number of benzene rings is 1. The quantitative estimate of drug-likeness (QED) is 0.725. The average Bonchev–Trinajstić information content (AvgIpc) is 2.46. The summed E-state index contributed by atoms with van der Waals surface area (Å²) in [6.07, 6.45) is 2.49. The smallest absolute Gasteiger partial charge is 0.313 e. The molecule has 2 rings (SSSR count). The predicted octanol–water partition coefficient (Wildman–Crippen LogP) is 1.66. The summed E-state index contributed by atoms with van der Waals surface area (Å²) >= 11 is 0. The van der Waals surface area contributed by atoms with Crippen LogP contribution in [-0.2, 0) is 9.59 Å². The first-order valence-corrected chi connectivity index (χ1v) is 7.33. The normalized spacial score (nSPS) is 21.7. The van der Waals surface area contributed by atoms with E-state index in [2.05, 4.69) is 10.6 Å². The van der Waals surface area contributed by atoms with Gasteiger partial charge in [0.1, 0.15) is 0 Å². The van der Waals surface area contributed by atoms with Crippen molar-refractivity contribution in [2.75, 3.05) is 5.32 Å². The number of aryl methyl sites for hydroxylation is 1. The van der Waals surface area contributed by atoms with E-state index in [4.69, 9.17) is 0 Å². The molecule has 0 aromatic heterocycles. The largest absolute Gasteiger partial charge is 0.393 e. The Morgan fingerprint density at radius 1 is 1.10 bits per heavy atom. The molecule has 0 saturated heterocycles. The lowest BCUT2D eigenvalue weighted by Gasteiger charge is -2.25. The van der Waals surface area contributed by atoms with Crippen LogP contribution >= 0.6 is 0 Å². The zero-order chi connectivity index (χ0) is 15.4. The highest BCUT2D eigenvalue weighted by atomic mass is 16.3. The first-order chi connectivity index (χ1) is 9.97. The molecule has 1 aromatic rings. The summed E-state index contributed by atoms with van der Waals surface area (Å²) in [5, 5.41) is 14.8. The molecule has 21 heavy (non-hydrogen) atoms. The number of rotatable bonds is 2. The Bertz CT molecular complexity index is 534. The molecule has 1 fully saturated rings. The SMILES string of the molecule is Cc1cccc(NC(=O)C(=O)NC2CCC(O)CC2)c1C. The summed E-state index contributed by atoms with van der Waals surface area (Å²) in [6, 6.07) is 5.56. The lowest BCUT2D eigenvalue weighted by Crippen LogP contribution is -2.44. The Balaban J connectivity index is 1.91. The topological polar surface area (TPSA) is 78.4 Å². The lowest BCUT2D eigenvalue weighted by molar-refractivity contribution is -0.136. The maximum atomic E-state index is 11.9. The monoisotopic (exact) mass is 290 g/mol. The van der Waals surface area contributed by atoms with Crippen LogP contribution in [0.4, 0.5) is 5.69 Å². The van der Waals surface area contributed by atoms with Gasteiger partial charge in [-0.25, -0.2) is 0 Å². The van der Waals surface area contributed by atoms with Crippen LogP contribution in [0.5, 0.6) is 0 Å². The number of hydrogen-bond acceptors (Lipinski definition) is 3. The molecule has 2 amide bonds. The molecule has 1 aliphatic carbocycles. The third kappa shape index (κ3) is 4.04. The molecule has 5 nitrogen and oxygen atoms in total. The van der Waals surface area contributed by atoms with Crippen molar-refractivity contribution in [2.24, 2.45) is 0 Å². The number of aliphatic hydroxyl groups is 1. The Morgan fingerprint density at radius 3 is 2.43 bits per heavy atom. The molecule has 0 atom stereocenters. The maximum Gasteiger partial charge on any atom is 0.313 e. The number of nitrogens with one attached hydrogen (secondary N) is 2. The van der Waals surface area contributed by atoms with Gasteiger partial charge in [-0.05, 0) is 56.7 Å². The molecule has 3 N–H and O–H groups in total. The minimum absolute atomic E-state index is 0.0229. The highest BCUT2D eigenvalue weighted by Gasteiger charge is 2.23. The summed E-state index contributed by atoms with van der Waals surface area (Å²) in [5.41, 5.74) is 2.68. The fourth-order valence-electron chi connectivity index (χ4n) is 2.54. The van der Waals surface area contributed by atoms with Crippen LogP contribution in [-0.4, -0.2) is 29.1 Å². The van der Waals surface area contributed by atoms with Crippen molar-refractivity contribution >= 4 is 17.5 Å². The van der Waals surface area contributed by atoms with Crippen LogP contribution in [0.3, 0.4) is 0 Å². The van der Waals surface area contributed by atoms with Gasteiger partial charge in [-0.15, -0.1) is 0 Å². The zero-order valence-corrected chi connectivity index (χ0v) is 12.5. The van der Waals surface area contributed by atoms with Gasteiger partial charge in [0, 0.05) is 11.7 Å². The average molecular weight is 290 g/mol. The van der Waals surface area contributed by atoms with E-state index in [1.807, 2.05) is 26.0 Å². The summed E-state index contributed by atoms with van der Waals surface area (Å²) < 4.78 is 0. The highest BCUT2D eigenvalue weighted by molar-refractivity contribution is 6.39. The van der Waals surface area contributed by atoms with E-state index in [0.717, 1.165) is 11.1 Å². The van der Waals surface area contributed by atoms with Crippen LogP contribution in [0.15, 0.2) is 18.2 Å². The number of aliphatic hydroxyl groups excluding tert-OH is 1. The minimum atomic E-state index is -0.644. The maximum absolute atomic E-state index is 11.9. The van der Waals surface area contributed by atoms with Gasteiger partial charge in [0.25, 0.3) is 0 Å². The van der Waals surface area contributed by atoms with Crippen LogP contribution < -0.4 is 10.6 Å². The molecule has 0 spiro atoms. The van der Waals surface area contributed by atoms with E-state index >= 15 is 0 Å². The molecule has 5 heteroatoms. The van der Waals surface area contributed by atoms with Crippen molar-refractivity contribution in [1.29, 1.82) is 0 Å². The van der Waals surface area contributed by atoms with Gasteiger partial charge in [-0.3, -0.25) is 9.59 Å². The summed E-state index contributed by atoms with van der Waals surface area (Å²) in [6.45, 7) is 3.86. The summed E-state index contributed by atoms with van der Waals surface area (Å²) in [4.78, 5) is 23.8. The number of hydrogen-bond donors (Lipinski definition) is 3. The number of anilines is 1. The molecule has 0 aliphatic heterocycles. The molecule has 1 aliphatic rings. The highest BCUT2D eigenvalue weighted by Crippen LogP contribution is 2.19. The second-order valence-corrected chi connectivity index (χ2v) is 5.68. The molecular weight excluding hydrogens is 268 g/mol. The third-order valence-electron chi connectivity index (χ3n) is 4.09. The Labute approximate surface area is 124 Å². The van der Waals surface area contributed by atoms with Crippen molar-refractivity contribution in [3.05, 3.63) is 29.3 Å². The van der Waals surface area contributed by atoms with E-state index in [-0.39, 0.29) is 12.1 Å². The Morgan fingerprint density at radius 2 is 1.76 bits per heavy atom.